The second-order valence-corrected chi connectivity index (χ2v) is 4.36. The van der Waals surface area contributed by atoms with Gasteiger partial charge in [0.15, 0.2) is 11.6 Å². The maximum atomic E-state index is 13.9. The van der Waals surface area contributed by atoms with Crippen molar-refractivity contribution >= 4 is 16.9 Å². The van der Waals surface area contributed by atoms with E-state index in [0.29, 0.717) is 0 Å². The summed E-state index contributed by atoms with van der Waals surface area (Å²) in [6.45, 7) is 1.38. The number of carbonyl (C=O) groups is 1. The average molecular weight is 285 g/mol. The number of ether oxygens (including phenoxy) is 1. The Kier molecular flexibility index (Phi) is 3.58. The van der Waals surface area contributed by atoms with Gasteiger partial charge in [-0.25, -0.2) is 4.39 Å². The number of methoxy groups -OCH3 is 1. The summed E-state index contributed by atoms with van der Waals surface area (Å²) in [4.78, 5) is 10.8. The van der Waals surface area contributed by atoms with Gasteiger partial charge in [-0.2, -0.15) is 9.49 Å². The second kappa shape index (κ2) is 5.04. The van der Waals surface area contributed by atoms with Gasteiger partial charge in [0.2, 0.25) is 5.82 Å². The SMILES string of the molecule is COc1c(F)c(F)c(C)c2n[nH]c(CC(N)C(=O)O)c12. The molecule has 108 valence electrons. The van der Waals surface area contributed by atoms with Crippen LogP contribution in [0.3, 0.4) is 0 Å². The third-order valence-electron chi connectivity index (χ3n) is 3.09. The monoisotopic (exact) mass is 285 g/mol. The number of carboxylic acids is 1. The van der Waals surface area contributed by atoms with E-state index in [4.69, 9.17) is 15.6 Å². The Hall–Kier alpha value is -2.22. The van der Waals surface area contributed by atoms with Crippen molar-refractivity contribution in [1.82, 2.24) is 10.2 Å². The standard InChI is InChI=1S/C12H13F2N3O3/c1-4-8(13)9(14)11(20-2)7-6(16-17-10(4)7)3-5(15)12(18)19/h5H,3,15H2,1-2H3,(H,16,17)(H,18,19). The number of nitrogens with zero attached hydrogens (tertiary/aromatic N) is 1. The van der Waals surface area contributed by atoms with Crippen molar-refractivity contribution in [1.29, 1.82) is 0 Å². The number of H-pyrrole nitrogens is 1. The van der Waals surface area contributed by atoms with E-state index in [1.54, 1.807) is 0 Å². The van der Waals surface area contributed by atoms with Crippen LogP contribution in [0.15, 0.2) is 0 Å². The lowest BCUT2D eigenvalue weighted by atomic mass is 10.0. The first-order chi connectivity index (χ1) is 9.38. The normalized spacial score (nSPS) is 12.7. The Morgan fingerprint density at radius 2 is 2.15 bits per heavy atom. The summed E-state index contributed by atoms with van der Waals surface area (Å²) < 4.78 is 32.4. The van der Waals surface area contributed by atoms with Crippen molar-refractivity contribution in [3.63, 3.8) is 0 Å². The van der Waals surface area contributed by atoms with Gasteiger partial charge in [0.05, 0.1) is 12.5 Å². The van der Waals surface area contributed by atoms with Gasteiger partial charge in [-0.1, -0.05) is 0 Å². The van der Waals surface area contributed by atoms with E-state index >= 15 is 0 Å². The van der Waals surface area contributed by atoms with E-state index < -0.39 is 23.6 Å². The molecule has 0 amide bonds. The van der Waals surface area contributed by atoms with E-state index in [-0.39, 0.29) is 34.3 Å². The Labute approximate surface area is 112 Å². The van der Waals surface area contributed by atoms with Crippen LogP contribution in [0.4, 0.5) is 8.78 Å². The molecule has 2 aromatic rings. The van der Waals surface area contributed by atoms with Crippen LogP contribution in [0.5, 0.6) is 5.75 Å². The summed E-state index contributed by atoms with van der Waals surface area (Å²) in [5, 5.41) is 15.5. The molecule has 2 rings (SSSR count). The molecule has 0 saturated heterocycles. The predicted octanol–water partition coefficient (Wildman–Crippen LogP) is 1.11. The fourth-order valence-electron chi connectivity index (χ4n) is 2.02. The fraction of sp³-hybridized carbons (Fsp3) is 0.333. The molecule has 0 aliphatic heterocycles. The zero-order valence-corrected chi connectivity index (χ0v) is 10.8. The number of benzene rings is 1. The van der Waals surface area contributed by atoms with Gasteiger partial charge in [0.25, 0.3) is 0 Å². The zero-order valence-electron chi connectivity index (χ0n) is 10.8. The highest BCUT2D eigenvalue weighted by Gasteiger charge is 2.24. The van der Waals surface area contributed by atoms with E-state index in [1.807, 2.05) is 0 Å². The van der Waals surface area contributed by atoms with Gasteiger partial charge in [0.1, 0.15) is 11.6 Å². The summed E-state index contributed by atoms with van der Waals surface area (Å²) in [6.07, 6.45) is -0.104. The first kappa shape index (κ1) is 14.2. The number of nitrogens with two attached hydrogens (primary N) is 1. The maximum Gasteiger partial charge on any atom is 0.320 e. The molecule has 1 atom stereocenters. The third-order valence-corrected chi connectivity index (χ3v) is 3.09. The van der Waals surface area contributed by atoms with E-state index in [2.05, 4.69) is 10.2 Å². The summed E-state index contributed by atoms with van der Waals surface area (Å²) in [7, 11) is 1.19. The summed E-state index contributed by atoms with van der Waals surface area (Å²) in [5.74, 6) is -3.70. The molecule has 6 nitrogen and oxygen atoms in total. The third kappa shape index (κ3) is 2.07. The van der Waals surface area contributed by atoms with Crippen LogP contribution in [0.25, 0.3) is 10.9 Å². The lowest BCUT2D eigenvalue weighted by Crippen LogP contribution is -2.32. The fourth-order valence-corrected chi connectivity index (χ4v) is 2.02. The summed E-state index contributed by atoms with van der Waals surface area (Å²) in [6, 6.07) is -1.18. The van der Waals surface area contributed by atoms with Crippen molar-refractivity contribution in [3.05, 3.63) is 22.9 Å². The highest BCUT2D eigenvalue weighted by Crippen LogP contribution is 2.35. The molecule has 0 bridgehead atoms. The number of hydrogen-bond donors (Lipinski definition) is 3. The van der Waals surface area contributed by atoms with Crippen LogP contribution < -0.4 is 10.5 Å². The molecule has 4 N–H and O–H groups in total. The molecule has 1 aromatic carbocycles. The second-order valence-electron chi connectivity index (χ2n) is 4.36. The number of rotatable bonds is 4. The number of aromatic nitrogens is 2. The van der Waals surface area contributed by atoms with Crippen LogP contribution in [0.2, 0.25) is 0 Å². The van der Waals surface area contributed by atoms with E-state index in [0.717, 1.165) is 0 Å². The number of halogens is 2. The molecule has 20 heavy (non-hydrogen) atoms. The van der Waals surface area contributed by atoms with Gasteiger partial charge in [-0.15, -0.1) is 0 Å². The largest absolute Gasteiger partial charge is 0.493 e. The van der Waals surface area contributed by atoms with Gasteiger partial charge >= 0.3 is 5.97 Å². The van der Waals surface area contributed by atoms with Gasteiger partial charge in [0, 0.05) is 17.7 Å². The summed E-state index contributed by atoms with van der Waals surface area (Å²) in [5.41, 5.74) is 5.93. The minimum absolute atomic E-state index is 0.0182. The Balaban J connectivity index is 2.67. The van der Waals surface area contributed by atoms with Crippen LogP contribution in [0, 0.1) is 18.6 Å². The van der Waals surface area contributed by atoms with Crippen molar-refractivity contribution in [2.24, 2.45) is 5.73 Å². The molecular formula is C12H13F2N3O3. The Morgan fingerprint density at radius 1 is 1.50 bits per heavy atom. The van der Waals surface area contributed by atoms with Crippen LogP contribution in [-0.2, 0) is 11.2 Å². The summed E-state index contributed by atoms with van der Waals surface area (Å²) >= 11 is 0. The zero-order chi connectivity index (χ0) is 15.0. The van der Waals surface area contributed by atoms with E-state index in [1.165, 1.54) is 14.0 Å². The molecule has 0 spiro atoms. The highest BCUT2D eigenvalue weighted by atomic mass is 19.2. The van der Waals surface area contributed by atoms with Crippen molar-refractivity contribution in [2.45, 2.75) is 19.4 Å². The number of aromatic amines is 1. The molecule has 1 heterocycles. The maximum absolute atomic E-state index is 13.9. The Morgan fingerprint density at radius 3 is 2.70 bits per heavy atom. The van der Waals surface area contributed by atoms with Crippen LogP contribution in [0.1, 0.15) is 11.3 Å². The molecule has 0 radical (unpaired) electrons. The number of aliphatic carboxylic acids is 1. The van der Waals surface area contributed by atoms with Gasteiger partial charge in [-0.3, -0.25) is 9.89 Å². The number of hydrogen-bond acceptors (Lipinski definition) is 4. The molecular weight excluding hydrogens is 272 g/mol. The lowest BCUT2D eigenvalue weighted by molar-refractivity contribution is -0.138. The molecule has 8 heteroatoms. The minimum atomic E-state index is -1.20. The molecule has 1 aromatic heterocycles. The quantitative estimate of drug-likeness (QED) is 0.781. The Bertz CT molecular complexity index is 684. The number of carboxylic acid groups (broad SMARTS) is 1. The minimum Gasteiger partial charge on any atom is -0.493 e. The predicted molar refractivity (Wildman–Crippen MR) is 66.6 cm³/mol. The van der Waals surface area contributed by atoms with Crippen molar-refractivity contribution in [3.8, 4) is 5.75 Å². The van der Waals surface area contributed by atoms with E-state index in [9.17, 15) is 13.6 Å². The molecule has 0 aliphatic rings. The first-order valence-corrected chi connectivity index (χ1v) is 5.75. The van der Waals surface area contributed by atoms with Crippen molar-refractivity contribution in [2.75, 3.05) is 7.11 Å². The van der Waals surface area contributed by atoms with Gasteiger partial charge < -0.3 is 15.6 Å². The van der Waals surface area contributed by atoms with Gasteiger partial charge in [-0.05, 0) is 6.92 Å². The molecule has 0 fully saturated rings. The topological polar surface area (TPSA) is 101 Å². The highest BCUT2D eigenvalue weighted by molar-refractivity contribution is 5.91. The average Bonchev–Trinajstić information content (AvgIpc) is 2.81. The van der Waals surface area contributed by atoms with Crippen molar-refractivity contribution < 1.29 is 23.4 Å². The first-order valence-electron chi connectivity index (χ1n) is 5.75. The molecule has 1 unspecified atom stereocenters. The molecule has 0 saturated carbocycles. The lowest BCUT2D eigenvalue weighted by Gasteiger charge is -2.09. The number of nitrogens with one attached hydrogen (secondary N) is 1. The van der Waals surface area contributed by atoms with Crippen LogP contribution >= 0.6 is 0 Å². The van der Waals surface area contributed by atoms with Crippen LogP contribution in [-0.4, -0.2) is 34.4 Å². The molecule has 0 aliphatic carbocycles. The number of fused-ring (bicyclic) bond motifs is 1. The smallest absolute Gasteiger partial charge is 0.320 e. The number of aryl methyl sites for hydroxylation is 1.